The molecule has 1 aromatic carbocycles. The molecule has 4 rings (SSSR count). The first kappa shape index (κ1) is 21.8. The third kappa shape index (κ3) is 4.59. The first-order valence-corrected chi connectivity index (χ1v) is 11.8. The summed E-state index contributed by atoms with van der Waals surface area (Å²) in [5.41, 5.74) is 1.99. The molecule has 3 aromatic rings. The number of benzene rings is 1. The second-order valence-electron chi connectivity index (χ2n) is 9.59. The fraction of sp³-hybridized carbons (Fsp3) is 0.480. The molecule has 0 aliphatic heterocycles. The van der Waals surface area contributed by atoms with E-state index in [0.717, 1.165) is 41.7 Å². The van der Waals surface area contributed by atoms with Crippen LogP contribution in [0.3, 0.4) is 0 Å². The molecule has 0 spiro atoms. The maximum atomic E-state index is 13.2. The first-order chi connectivity index (χ1) is 14.7. The van der Waals surface area contributed by atoms with Gasteiger partial charge in [0.15, 0.2) is 0 Å². The number of ether oxygens (including phenoxy) is 1. The van der Waals surface area contributed by atoms with E-state index in [-0.39, 0.29) is 24.2 Å². The lowest BCUT2D eigenvalue weighted by molar-refractivity contribution is -0.152. The number of carbonyl (C=O) groups excluding carboxylic acids is 1. The highest BCUT2D eigenvalue weighted by atomic mass is 32.1. The van der Waals surface area contributed by atoms with Crippen LogP contribution in [-0.2, 0) is 16.1 Å². The minimum absolute atomic E-state index is 0.0539. The maximum absolute atomic E-state index is 13.2. The molecule has 0 N–H and O–H groups in total. The molecule has 5 nitrogen and oxygen atoms in total. The van der Waals surface area contributed by atoms with Crippen LogP contribution >= 0.6 is 11.3 Å². The average Bonchev–Trinajstić information content (AvgIpc) is 3.07. The van der Waals surface area contributed by atoms with Crippen molar-refractivity contribution in [3.05, 3.63) is 51.9 Å². The number of hydrogen-bond donors (Lipinski definition) is 0. The summed E-state index contributed by atoms with van der Waals surface area (Å²) in [4.78, 5) is 32.0. The minimum atomic E-state index is -0.365. The molecule has 164 valence electrons. The van der Waals surface area contributed by atoms with Gasteiger partial charge in [0.05, 0.1) is 11.7 Å². The standard InChI is InChI=1S/C25H30N2O3S/c1-16-21(17-8-6-5-7-9-17)22-23(31-16)26-15-27(24(22)29)14-20(28)30-19-12-10-18(11-13-19)25(2,3)4/h5-9,15,18-19H,10-14H2,1-4H3. The predicted octanol–water partition coefficient (Wildman–Crippen LogP) is 5.58. The van der Waals surface area contributed by atoms with Crippen molar-refractivity contribution in [2.75, 3.05) is 0 Å². The Morgan fingerprint density at radius 3 is 2.48 bits per heavy atom. The number of carbonyl (C=O) groups is 1. The summed E-state index contributed by atoms with van der Waals surface area (Å²) < 4.78 is 7.10. The fourth-order valence-corrected chi connectivity index (χ4v) is 5.61. The van der Waals surface area contributed by atoms with E-state index in [4.69, 9.17) is 4.74 Å². The van der Waals surface area contributed by atoms with E-state index >= 15 is 0 Å². The highest BCUT2D eigenvalue weighted by Gasteiger charge is 2.31. The quantitative estimate of drug-likeness (QED) is 0.499. The van der Waals surface area contributed by atoms with Crippen LogP contribution in [0.25, 0.3) is 21.3 Å². The van der Waals surface area contributed by atoms with E-state index in [1.54, 1.807) is 0 Å². The molecule has 6 heteroatoms. The highest BCUT2D eigenvalue weighted by Crippen LogP contribution is 2.38. The molecule has 2 aromatic heterocycles. The molecule has 31 heavy (non-hydrogen) atoms. The van der Waals surface area contributed by atoms with Crippen molar-refractivity contribution < 1.29 is 9.53 Å². The van der Waals surface area contributed by atoms with Crippen LogP contribution < -0.4 is 5.56 Å². The number of thiophene rings is 1. The van der Waals surface area contributed by atoms with Crippen LogP contribution in [0.15, 0.2) is 41.5 Å². The van der Waals surface area contributed by atoms with Gasteiger partial charge in [-0.25, -0.2) is 4.98 Å². The van der Waals surface area contributed by atoms with Crippen LogP contribution in [0.2, 0.25) is 0 Å². The van der Waals surface area contributed by atoms with Gasteiger partial charge in [-0.05, 0) is 49.5 Å². The number of hydrogen-bond acceptors (Lipinski definition) is 5. The van der Waals surface area contributed by atoms with Crippen molar-refractivity contribution in [2.45, 2.75) is 66.0 Å². The Kier molecular flexibility index (Phi) is 6.02. The molecule has 0 atom stereocenters. The van der Waals surface area contributed by atoms with E-state index in [1.165, 1.54) is 22.2 Å². The number of fused-ring (bicyclic) bond motifs is 1. The van der Waals surface area contributed by atoms with Crippen LogP contribution in [0, 0.1) is 18.3 Å². The van der Waals surface area contributed by atoms with Gasteiger partial charge < -0.3 is 4.74 Å². The summed E-state index contributed by atoms with van der Waals surface area (Å²) in [5.74, 6) is 0.297. The Balaban J connectivity index is 1.51. The Morgan fingerprint density at radius 2 is 1.84 bits per heavy atom. The molecule has 1 aliphatic rings. The third-order valence-electron chi connectivity index (χ3n) is 6.41. The largest absolute Gasteiger partial charge is 0.461 e. The molecule has 0 saturated heterocycles. The van der Waals surface area contributed by atoms with Crippen LogP contribution in [0.4, 0.5) is 0 Å². The molecule has 2 heterocycles. The molecule has 0 bridgehead atoms. The van der Waals surface area contributed by atoms with E-state index in [9.17, 15) is 9.59 Å². The zero-order valence-electron chi connectivity index (χ0n) is 18.7. The molecule has 1 fully saturated rings. The smallest absolute Gasteiger partial charge is 0.326 e. The molecule has 0 amide bonds. The molecule has 1 saturated carbocycles. The SMILES string of the molecule is Cc1sc2ncn(CC(=O)OC3CCC(C(C)(C)C)CC3)c(=O)c2c1-c1ccccc1. The third-order valence-corrected chi connectivity index (χ3v) is 7.43. The van der Waals surface area contributed by atoms with Gasteiger partial charge in [0, 0.05) is 10.4 Å². The summed E-state index contributed by atoms with van der Waals surface area (Å²) in [7, 11) is 0. The molecule has 1 aliphatic carbocycles. The van der Waals surface area contributed by atoms with Gasteiger partial charge in [-0.1, -0.05) is 51.1 Å². The van der Waals surface area contributed by atoms with Crippen LogP contribution in [-0.4, -0.2) is 21.6 Å². The topological polar surface area (TPSA) is 61.2 Å². The lowest BCUT2D eigenvalue weighted by Crippen LogP contribution is -2.32. The second kappa shape index (κ2) is 8.58. The van der Waals surface area contributed by atoms with Gasteiger partial charge in [-0.15, -0.1) is 11.3 Å². The second-order valence-corrected chi connectivity index (χ2v) is 10.8. The van der Waals surface area contributed by atoms with Gasteiger partial charge in [-0.3, -0.25) is 14.2 Å². The van der Waals surface area contributed by atoms with Crippen molar-refractivity contribution in [1.29, 1.82) is 0 Å². The number of rotatable bonds is 4. The van der Waals surface area contributed by atoms with Gasteiger partial charge in [0.1, 0.15) is 17.5 Å². The molecular formula is C25H30N2O3S. The predicted molar refractivity (Wildman–Crippen MR) is 125 cm³/mol. The monoisotopic (exact) mass is 438 g/mol. The molecule has 0 unspecified atom stereocenters. The van der Waals surface area contributed by atoms with E-state index in [2.05, 4.69) is 25.8 Å². The van der Waals surface area contributed by atoms with Gasteiger partial charge in [0.25, 0.3) is 5.56 Å². The van der Waals surface area contributed by atoms with Gasteiger partial charge in [-0.2, -0.15) is 0 Å². The Hall–Kier alpha value is -2.47. The summed E-state index contributed by atoms with van der Waals surface area (Å²) in [6.07, 6.45) is 5.34. The first-order valence-electron chi connectivity index (χ1n) is 11.0. The Bertz CT molecular complexity index is 1130. The zero-order chi connectivity index (χ0) is 22.2. The highest BCUT2D eigenvalue weighted by molar-refractivity contribution is 7.19. The van der Waals surface area contributed by atoms with Crippen molar-refractivity contribution >= 4 is 27.5 Å². The van der Waals surface area contributed by atoms with Crippen molar-refractivity contribution in [3.8, 4) is 11.1 Å². The van der Waals surface area contributed by atoms with E-state index < -0.39 is 0 Å². The summed E-state index contributed by atoms with van der Waals surface area (Å²) in [6.45, 7) is 8.71. The van der Waals surface area contributed by atoms with Gasteiger partial charge >= 0.3 is 5.97 Å². The minimum Gasteiger partial charge on any atom is -0.461 e. The van der Waals surface area contributed by atoms with E-state index in [1.807, 2.05) is 37.3 Å². The van der Waals surface area contributed by atoms with Crippen LogP contribution in [0.1, 0.15) is 51.3 Å². The number of aromatic nitrogens is 2. The van der Waals surface area contributed by atoms with Crippen molar-refractivity contribution in [3.63, 3.8) is 0 Å². The van der Waals surface area contributed by atoms with Crippen LogP contribution in [0.5, 0.6) is 0 Å². The van der Waals surface area contributed by atoms with E-state index in [0.29, 0.717) is 21.5 Å². The Labute approximate surface area is 187 Å². The summed E-state index contributed by atoms with van der Waals surface area (Å²) in [6, 6.07) is 9.85. The maximum Gasteiger partial charge on any atom is 0.326 e. The molecular weight excluding hydrogens is 408 g/mol. The Morgan fingerprint density at radius 1 is 1.16 bits per heavy atom. The summed E-state index contributed by atoms with van der Waals surface area (Å²) >= 11 is 1.51. The normalized spacial score (nSPS) is 19.5. The lowest BCUT2D eigenvalue weighted by atomic mass is 9.72. The zero-order valence-corrected chi connectivity index (χ0v) is 19.5. The van der Waals surface area contributed by atoms with Gasteiger partial charge in [0.2, 0.25) is 0 Å². The summed E-state index contributed by atoms with van der Waals surface area (Å²) in [5, 5.41) is 0.578. The van der Waals surface area contributed by atoms with Crippen molar-refractivity contribution in [2.24, 2.45) is 11.3 Å². The van der Waals surface area contributed by atoms with Crippen molar-refractivity contribution in [1.82, 2.24) is 9.55 Å². The lowest BCUT2D eigenvalue weighted by Gasteiger charge is -2.36. The number of esters is 1. The average molecular weight is 439 g/mol. The fourth-order valence-electron chi connectivity index (χ4n) is 4.61. The number of nitrogens with zero attached hydrogens (tertiary/aromatic N) is 2. The number of aryl methyl sites for hydroxylation is 1. The molecule has 0 radical (unpaired) electrons.